The normalized spacial score (nSPS) is 11.7. The molecule has 1 aromatic heterocycles. The Morgan fingerprint density at radius 2 is 2.04 bits per heavy atom. The Balaban J connectivity index is 2.26. The molecule has 8 nitrogen and oxygen atoms in total. The van der Waals surface area contributed by atoms with Crippen molar-refractivity contribution in [1.82, 2.24) is 9.88 Å². The third-order valence-corrected chi connectivity index (χ3v) is 4.20. The lowest BCUT2D eigenvalue weighted by atomic mass is 10.0. The highest BCUT2D eigenvalue weighted by molar-refractivity contribution is 9.10. The summed E-state index contributed by atoms with van der Waals surface area (Å²) in [6.45, 7) is 1.59. The van der Waals surface area contributed by atoms with Gasteiger partial charge in [0.2, 0.25) is 0 Å². The minimum atomic E-state index is -1.09. The van der Waals surface area contributed by atoms with Crippen molar-refractivity contribution in [3.63, 3.8) is 0 Å². The largest absolute Gasteiger partial charge is 0.505 e. The number of nitrogens with zero attached hydrogens (tertiary/aromatic N) is 1. The summed E-state index contributed by atoms with van der Waals surface area (Å²) in [7, 11) is 1.49. The first-order valence-electron chi connectivity index (χ1n) is 7.63. The number of halogens is 1. The molecule has 1 aromatic carbocycles. The monoisotopic (exact) mass is 423 g/mol. The van der Waals surface area contributed by atoms with Crippen LogP contribution in [-0.2, 0) is 11.8 Å². The lowest BCUT2D eigenvalue weighted by molar-refractivity contribution is -0.137. The summed E-state index contributed by atoms with van der Waals surface area (Å²) in [6.07, 6.45) is 1.09. The van der Waals surface area contributed by atoms with Gasteiger partial charge in [0.1, 0.15) is 5.75 Å². The SMILES string of the molecule is Cc1cn(C)c(=O)c(NC(=O)NC(CC(=O)O)c2cccc(Br)c2)c1O. The zero-order valence-electron chi connectivity index (χ0n) is 14.1. The molecule has 1 heterocycles. The summed E-state index contributed by atoms with van der Waals surface area (Å²) >= 11 is 3.30. The van der Waals surface area contributed by atoms with Gasteiger partial charge in [0.05, 0.1) is 12.5 Å². The average Bonchev–Trinajstić information content (AvgIpc) is 2.56. The van der Waals surface area contributed by atoms with Crippen LogP contribution in [0.25, 0.3) is 0 Å². The molecule has 1 atom stereocenters. The van der Waals surface area contributed by atoms with Gasteiger partial charge in [-0.1, -0.05) is 28.1 Å². The average molecular weight is 424 g/mol. The Kier molecular flexibility index (Phi) is 6.04. The third-order valence-electron chi connectivity index (χ3n) is 3.71. The number of benzene rings is 1. The van der Waals surface area contributed by atoms with Gasteiger partial charge in [-0.05, 0) is 24.6 Å². The molecule has 0 aliphatic carbocycles. The number of carboxylic acids is 1. The molecule has 0 radical (unpaired) electrons. The number of carbonyl (C=O) groups excluding carboxylic acids is 1. The molecule has 0 saturated heterocycles. The summed E-state index contributed by atoms with van der Waals surface area (Å²) in [6, 6.07) is 5.25. The maximum absolute atomic E-state index is 12.3. The van der Waals surface area contributed by atoms with E-state index in [0.717, 1.165) is 4.47 Å². The van der Waals surface area contributed by atoms with Crippen molar-refractivity contribution in [2.45, 2.75) is 19.4 Å². The van der Waals surface area contributed by atoms with Gasteiger partial charge in [0, 0.05) is 23.3 Å². The molecule has 1 unspecified atom stereocenters. The standard InChI is InChI=1S/C17H18BrN3O5/c1-9-8-21(2)16(25)14(15(9)24)20-17(26)19-12(7-13(22)23)10-4-3-5-11(18)6-10/h3-6,8,12,24H,7H2,1-2H3,(H,22,23)(H2,19,20,26). The number of urea groups is 1. The van der Waals surface area contributed by atoms with Gasteiger partial charge in [0.15, 0.2) is 5.69 Å². The first-order valence-corrected chi connectivity index (χ1v) is 8.42. The summed E-state index contributed by atoms with van der Waals surface area (Å²) in [4.78, 5) is 35.5. The van der Waals surface area contributed by atoms with E-state index in [-0.39, 0.29) is 17.9 Å². The molecular formula is C17H18BrN3O5. The van der Waals surface area contributed by atoms with Crippen LogP contribution in [0.1, 0.15) is 23.6 Å². The van der Waals surface area contributed by atoms with Crippen molar-refractivity contribution in [3.8, 4) is 5.75 Å². The number of carboxylic acid groups (broad SMARTS) is 1. The minimum Gasteiger partial charge on any atom is -0.505 e. The van der Waals surface area contributed by atoms with Crippen LogP contribution < -0.4 is 16.2 Å². The van der Waals surface area contributed by atoms with E-state index in [4.69, 9.17) is 5.11 Å². The van der Waals surface area contributed by atoms with Crippen molar-refractivity contribution >= 4 is 33.6 Å². The molecule has 0 saturated carbocycles. The molecule has 9 heteroatoms. The summed E-state index contributed by atoms with van der Waals surface area (Å²) in [5, 5.41) is 24.0. The number of hydrogen-bond acceptors (Lipinski definition) is 4. The first kappa shape index (κ1) is 19.5. The van der Waals surface area contributed by atoms with Gasteiger partial charge >= 0.3 is 12.0 Å². The van der Waals surface area contributed by atoms with Gasteiger partial charge in [-0.2, -0.15) is 0 Å². The smallest absolute Gasteiger partial charge is 0.319 e. The van der Waals surface area contributed by atoms with Crippen LogP contribution in [0.15, 0.2) is 39.7 Å². The quantitative estimate of drug-likeness (QED) is 0.588. The van der Waals surface area contributed by atoms with E-state index in [2.05, 4.69) is 26.6 Å². The Labute approximate surface area is 157 Å². The number of rotatable bonds is 5. The predicted molar refractivity (Wildman–Crippen MR) is 99.4 cm³/mol. The van der Waals surface area contributed by atoms with Crippen molar-refractivity contribution in [2.24, 2.45) is 7.05 Å². The molecule has 0 bridgehead atoms. The van der Waals surface area contributed by atoms with Crippen molar-refractivity contribution in [2.75, 3.05) is 5.32 Å². The van der Waals surface area contributed by atoms with E-state index in [1.54, 1.807) is 31.2 Å². The maximum atomic E-state index is 12.3. The fraction of sp³-hybridized carbons (Fsp3) is 0.235. The predicted octanol–water partition coefficient (Wildman–Crippen LogP) is 2.50. The Morgan fingerprint density at radius 1 is 1.35 bits per heavy atom. The summed E-state index contributed by atoms with van der Waals surface area (Å²) in [5.41, 5.74) is 0.142. The molecule has 4 N–H and O–H groups in total. The second kappa shape index (κ2) is 8.05. The zero-order chi connectivity index (χ0) is 19.4. The molecule has 0 aliphatic rings. The highest BCUT2D eigenvalue weighted by Gasteiger charge is 2.20. The van der Waals surface area contributed by atoms with Gasteiger partial charge in [-0.15, -0.1) is 0 Å². The van der Waals surface area contributed by atoms with Crippen LogP contribution in [0, 0.1) is 6.92 Å². The van der Waals surface area contributed by atoms with Gasteiger partial charge in [-0.3, -0.25) is 9.59 Å². The number of aryl methyl sites for hydroxylation is 2. The Bertz CT molecular complexity index is 910. The molecule has 0 aliphatic heterocycles. The topological polar surface area (TPSA) is 121 Å². The Morgan fingerprint density at radius 3 is 2.65 bits per heavy atom. The Hall–Kier alpha value is -2.81. The number of hydrogen-bond donors (Lipinski definition) is 4. The van der Waals surface area contributed by atoms with E-state index in [9.17, 15) is 19.5 Å². The molecule has 2 amide bonds. The lowest BCUT2D eigenvalue weighted by Gasteiger charge is -2.19. The van der Waals surface area contributed by atoms with Gasteiger partial charge in [-0.25, -0.2) is 4.79 Å². The van der Waals surface area contributed by atoms with Crippen LogP contribution in [0.5, 0.6) is 5.75 Å². The zero-order valence-corrected chi connectivity index (χ0v) is 15.7. The van der Waals surface area contributed by atoms with Crippen LogP contribution >= 0.6 is 15.9 Å². The number of aromatic hydroxyl groups is 1. The van der Waals surface area contributed by atoms with E-state index in [1.165, 1.54) is 17.8 Å². The van der Waals surface area contributed by atoms with E-state index in [1.807, 2.05) is 0 Å². The van der Waals surface area contributed by atoms with Crippen LogP contribution in [0.4, 0.5) is 10.5 Å². The van der Waals surface area contributed by atoms with E-state index < -0.39 is 23.6 Å². The number of pyridine rings is 1. The highest BCUT2D eigenvalue weighted by atomic mass is 79.9. The molecule has 138 valence electrons. The number of amides is 2. The molecule has 2 rings (SSSR count). The molecule has 2 aromatic rings. The second-order valence-electron chi connectivity index (χ2n) is 5.76. The van der Waals surface area contributed by atoms with E-state index in [0.29, 0.717) is 11.1 Å². The fourth-order valence-corrected chi connectivity index (χ4v) is 2.87. The third kappa shape index (κ3) is 4.63. The lowest BCUT2D eigenvalue weighted by Crippen LogP contribution is -2.36. The molecule has 26 heavy (non-hydrogen) atoms. The van der Waals surface area contributed by atoms with Gasteiger partial charge < -0.3 is 25.4 Å². The summed E-state index contributed by atoms with van der Waals surface area (Å²) in [5.74, 6) is -1.43. The number of carbonyl (C=O) groups is 2. The van der Waals surface area contributed by atoms with Crippen LogP contribution in [-0.4, -0.2) is 26.8 Å². The van der Waals surface area contributed by atoms with Crippen molar-refractivity contribution in [3.05, 3.63) is 56.4 Å². The maximum Gasteiger partial charge on any atom is 0.319 e. The van der Waals surface area contributed by atoms with E-state index >= 15 is 0 Å². The van der Waals surface area contributed by atoms with Gasteiger partial charge in [0.25, 0.3) is 5.56 Å². The van der Waals surface area contributed by atoms with Crippen LogP contribution in [0.2, 0.25) is 0 Å². The first-order chi connectivity index (χ1) is 12.2. The van der Waals surface area contributed by atoms with Crippen molar-refractivity contribution in [1.29, 1.82) is 0 Å². The van der Waals surface area contributed by atoms with Crippen molar-refractivity contribution < 1.29 is 19.8 Å². The summed E-state index contributed by atoms with van der Waals surface area (Å²) < 4.78 is 1.96. The highest BCUT2D eigenvalue weighted by Crippen LogP contribution is 2.24. The van der Waals surface area contributed by atoms with Crippen LogP contribution in [0.3, 0.4) is 0 Å². The number of nitrogens with one attached hydrogen (secondary N) is 2. The number of aromatic nitrogens is 1. The molecular weight excluding hydrogens is 406 g/mol. The fourth-order valence-electron chi connectivity index (χ4n) is 2.46. The number of aliphatic carboxylic acids is 1. The second-order valence-corrected chi connectivity index (χ2v) is 6.67. The minimum absolute atomic E-state index is 0.270. The molecule has 0 spiro atoms. The number of anilines is 1. The molecule has 0 fully saturated rings.